The molecule has 0 radical (unpaired) electrons. The second kappa shape index (κ2) is 6.88. The molecule has 4 nitrogen and oxygen atoms in total. The van der Waals surface area contributed by atoms with Gasteiger partial charge in [-0.25, -0.2) is 4.98 Å². The van der Waals surface area contributed by atoms with Gasteiger partial charge in [0.25, 0.3) is 0 Å². The molecule has 0 bridgehead atoms. The molecule has 2 rings (SSSR count). The highest BCUT2D eigenvalue weighted by atomic mass is 32.2. The van der Waals surface area contributed by atoms with Gasteiger partial charge in [-0.1, -0.05) is 6.07 Å². The van der Waals surface area contributed by atoms with Crippen molar-refractivity contribution in [2.75, 3.05) is 16.9 Å². The maximum atomic E-state index is 13.1. The van der Waals surface area contributed by atoms with E-state index in [1.165, 1.54) is 0 Å². The lowest BCUT2D eigenvalue weighted by atomic mass is 10.1. The highest BCUT2D eigenvalue weighted by Crippen LogP contribution is 2.31. The number of rotatable bonds is 4. The Balaban J connectivity index is 2.38. The minimum atomic E-state index is -4.55. The van der Waals surface area contributed by atoms with Crippen molar-refractivity contribution in [1.82, 2.24) is 9.97 Å². The summed E-state index contributed by atoms with van der Waals surface area (Å²) in [5.41, 5.74) is -0.788. The fourth-order valence-corrected chi connectivity index (χ4v) is 2.36. The van der Waals surface area contributed by atoms with Gasteiger partial charge in [-0.15, -0.1) is 11.8 Å². The Morgan fingerprint density at radius 1 is 1.04 bits per heavy atom. The molecule has 0 aliphatic carbocycles. The monoisotopic (exact) mass is 356 g/mol. The van der Waals surface area contributed by atoms with E-state index in [1.807, 2.05) is 45.2 Å². The number of nitrogens with zero attached hydrogens (tertiary/aromatic N) is 2. The number of benzene rings is 1. The molecule has 0 unspecified atom stereocenters. The van der Waals surface area contributed by atoms with Crippen LogP contribution in [-0.4, -0.2) is 21.8 Å². The molecule has 2 aromatic rings. The van der Waals surface area contributed by atoms with E-state index >= 15 is 0 Å². The van der Waals surface area contributed by atoms with E-state index in [0.29, 0.717) is 5.69 Å². The van der Waals surface area contributed by atoms with Crippen molar-refractivity contribution in [3.8, 4) is 0 Å². The molecule has 0 aliphatic rings. The molecule has 1 aromatic heterocycles. The van der Waals surface area contributed by atoms with Crippen LogP contribution in [0, 0.1) is 0 Å². The van der Waals surface area contributed by atoms with Gasteiger partial charge in [0.15, 0.2) is 5.69 Å². The zero-order valence-electron chi connectivity index (χ0n) is 13.8. The molecule has 0 saturated carbocycles. The molecule has 0 saturated heterocycles. The molecule has 130 valence electrons. The van der Waals surface area contributed by atoms with Crippen molar-refractivity contribution in [2.24, 2.45) is 0 Å². The van der Waals surface area contributed by atoms with Crippen LogP contribution in [-0.2, 0) is 6.18 Å². The van der Waals surface area contributed by atoms with Crippen LogP contribution >= 0.6 is 11.8 Å². The first kappa shape index (κ1) is 18.4. The molecule has 2 N–H and O–H groups in total. The first-order valence-corrected chi connectivity index (χ1v) is 8.45. The zero-order valence-corrected chi connectivity index (χ0v) is 14.6. The van der Waals surface area contributed by atoms with Crippen LogP contribution < -0.4 is 10.6 Å². The molecule has 1 aromatic carbocycles. The minimum Gasteiger partial charge on any atom is -0.350 e. The van der Waals surface area contributed by atoms with Gasteiger partial charge in [0.1, 0.15) is 5.82 Å². The van der Waals surface area contributed by atoms with Crippen molar-refractivity contribution in [2.45, 2.75) is 37.4 Å². The summed E-state index contributed by atoms with van der Waals surface area (Å²) in [4.78, 5) is 8.72. The summed E-state index contributed by atoms with van der Waals surface area (Å²) in [5, 5.41) is 5.79. The van der Waals surface area contributed by atoms with E-state index in [9.17, 15) is 13.2 Å². The highest BCUT2D eigenvalue weighted by Gasteiger charge is 2.34. The summed E-state index contributed by atoms with van der Waals surface area (Å²) < 4.78 is 39.3. The van der Waals surface area contributed by atoms with Gasteiger partial charge in [-0.3, -0.25) is 0 Å². The van der Waals surface area contributed by atoms with Gasteiger partial charge in [0, 0.05) is 22.2 Å². The molecule has 1 heterocycles. The Labute approximate surface area is 143 Å². The molecular weight excluding hydrogens is 337 g/mol. The summed E-state index contributed by atoms with van der Waals surface area (Å²) in [5.74, 6) is 0.0168. The van der Waals surface area contributed by atoms with E-state index in [0.717, 1.165) is 11.0 Å². The third-order valence-corrected chi connectivity index (χ3v) is 3.57. The van der Waals surface area contributed by atoms with E-state index in [4.69, 9.17) is 0 Å². The van der Waals surface area contributed by atoms with E-state index < -0.39 is 17.4 Å². The third kappa shape index (κ3) is 5.30. The normalized spacial score (nSPS) is 12.1. The zero-order chi connectivity index (χ0) is 18.0. The van der Waals surface area contributed by atoms with E-state index in [2.05, 4.69) is 20.6 Å². The molecule has 0 fully saturated rings. The molecule has 0 aliphatic heterocycles. The standard InChI is InChI=1S/C16H19F3N4S/c1-15(2,3)23-14-21-12(16(17,18)19)9-13(22-14)20-10-6-5-7-11(8-10)24-4/h5-9H,1-4H3,(H2,20,21,22,23). The fourth-order valence-electron chi connectivity index (χ4n) is 1.90. The summed E-state index contributed by atoms with van der Waals surface area (Å²) in [6.07, 6.45) is -2.62. The van der Waals surface area contributed by atoms with Crippen molar-refractivity contribution in [3.05, 3.63) is 36.0 Å². The number of hydrogen-bond donors (Lipinski definition) is 2. The fraction of sp³-hybridized carbons (Fsp3) is 0.375. The largest absolute Gasteiger partial charge is 0.433 e. The van der Waals surface area contributed by atoms with Gasteiger partial charge in [0.05, 0.1) is 0 Å². The number of aromatic nitrogens is 2. The summed E-state index contributed by atoms with van der Waals surface area (Å²) in [7, 11) is 0. The van der Waals surface area contributed by atoms with Gasteiger partial charge >= 0.3 is 6.18 Å². The highest BCUT2D eigenvalue weighted by molar-refractivity contribution is 7.98. The average molecular weight is 356 g/mol. The van der Waals surface area contributed by atoms with Crippen molar-refractivity contribution in [3.63, 3.8) is 0 Å². The van der Waals surface area contributed by atoms with Crippen LogP contribution in [0.3, 0.4) is 0 Å². The molecule has 8 heteroatoms. The van der Waals surface area contributed by atoms with Crippen molar-refractivity contribution < 1.29 is 13.2 Å². The minimum absolute atomic E-state index is 0.0687. The van der Waals surface area contributed by atoms with Crippen LogP contribution in [0.25, 0.3) is 0 Å². The van der Waals surface area contributed by atoms with Crippen LogP contribution in [0.1, 0.15) is 26.5 Å². The molecule has 0 amide bonds. The lowest BCUT2D eigenvalue weighted by Crippen LogP contribution is -2.28. The summed E-state index contributed by atoms with van der Waals surface area (Å²) in [6, 6.07) is 8.26. The van der Waals surface area contributed by atoms with E-state index in [1.54, 1.807) is 17.8 Å². The predicted octanol–water partition coefficient (Wildman–Crippen LogP) is 5.17. The SMILES string of the molecule is CSc1cccc(Nc2cc(C(F)(F)F)nc(NC(C)(C)C)n2)c1. The Morgan fingerprint density at radius 2 is 1.75 bits per heavy atom. The number of halogens is 3. The van der Waals surface area contributed by atoms with Gasteiger partial charge in [0.2, 0.25) is 5.95 Å². The Hall–Kier alpha value is -1.96. The Morgan fingerprint density at radius 3 is 2.33 bits per heavy atom. The smallest absolute Gasteiger partial charge is 0.350 e. The van der Waals surface area contributed by atoms with Gasteiger partial charge in [-0.05, 0) is 45.2 Å². The maximum absolute atomic E-state index is 13.1. The van der Waals surface area contributed by atoms with Gasteiger partial charge < -0.3 is 10.6 Å². The molecule has 24 heavy (non-hydrogen) atoms. The third-order valence-electron chi connectivity index (χ3n) is 2.85. The van der Waals surface area contributed by atoms with Crippen LogP contribution in [0.5, 0.6) is 0 Å². The molecule has 0 atom stereocenters. The summed E-state index contributed by atoms with van der Waals surface area (Å²) in [6.45, 7) is 5.48. The second-order valence-electron chi connectivity index (χ2n) is 6.19. The number of alkyl halides is 3. The second-order valence-corrected chi connectivity index (χ2v) is 7.07. The number of thioether (sulfide) groups is 1. The summed E-state index contributed by atoms with van der Waals surface area (Å²) >= 11 is 1.55. The van der Waals surface area contributed by atoms with Crippen LogP contribution in [0.2, 0.25) is 0 Å². The van der Waals surface area contributed by atoms with Gasteiger partial charge in [-0.2, -0.15) is 18.2 Å². The Bertz CT molecular complexity index is 711. The predicted molar refractivity (Wildman–Crippen MR) is 91.9 cm³/mol. The molecule has 0 spiro atoms. The topological polar surface area (TPSA) is 49.8 Å². The maximum Gasteiger partial charge on any atom is 0.433 e. The van der Waals surface area contributed by atoms with Crippen molar-refractivity contribution in [1.29, 1.82) is 0 Å². The first-order chi connectivity index (χ1) is 11.1. The van der Waals surface area contributed by atoms with Crippen LogP contribution in [0.15, 0.2) is 35.2 Å². The van der Waals surface area contributed by atoms with Crippen LogP contribution in [0.4, 0.5) is 30.6 Å². The lowest BCUT2D eigenvalue weighted by molar-refractivity contribution is -0.141. The molecular formula is C16H19F3N4S. The first-order valence-electron chi connectivity index (χ1n) is 7.22. The average Bonchev–Trinajstić information content (AvgIpc) is 2.44. The Kier molecular flexibility index (Phi) is 5.27. The quantitative estimate of drug-likeness (QED) is 0.740. The van der Waals surface area contributed by atoms with Crippen molar-refractivity contribution >= 4 is 29.2 Å². The lowest BCUT2D eigenvalue weighted by Gasteiger charge is -2.21. The number of hydrogen-bond acceptors (Lipinski definition) is 5. The number of nitrogens with one attached hydrogen (secondary N) is 2. The van der Waals surface area contributed by atoms with E-state index in [-0.39, 0.29) is 11.8 Å². The number of anilines is 3.